The van der Waals surface area contributed by atoms with E-state index in [1.54, 1.807) is 6.07 Å². The molecule has 3 nitrogen and oxygen atoms in total. The third kappa shape index (κ3) is 3.67. The highest BCUT2D eigenvalue weighted by atomic mass is 19.2. The molecule has 0 aliphatic carbocycles. The van der Waals surface area contributed by atoms with Crippen LogP contribution < -0.4 is 4.74 Å². The van der Waals surface area contributed by atoms with Crippen molar-refractivity contribution in [1.82, 2.24) is 9.80 Å². The molecule has 1 aliphatic rings. The maximum Gasteiger partial charge on any atom is 0.200 e. The van der Waals surface area contributed by atoms with Crippen LogP contribution in [0.15, 0.2) is 12.1 Å². The summed E-state index contributed by atoms with van der Waals surface area (Å²) in [5.74, 6) is -1.70. The maximum absolute atomic E-state index is 13.8. The standard InChI is InChI=1S/C15H22F2N2O/c1-18-8-10-19(11-9-18)7-3-4-12-5-6-13(20-2)15(17)14(12)16/h5-6H,3-4,7-11H2,1-2H3. The lowest BCUT2D eigenvalue weighted by atomic mass is 10.1. The van der Waals surface area contributed by atoms with Gasteiger partial charge in [0, 0.05) is 26.2 Å². The fourth-order valence-corrected chi connectivity index (χ4v) is 2.49. The molecule has 0 saturated carbocycles. The fourth-order valence-electron chi connectivity index (χ4n) is 2.49. The molecule has 2 rings (SSSR count). The number of rotatable bonds is 5. The van der Waals surface area contributed by atoms with E-state index in [0.717, 1.165) is 39.1 Å². The number of nitrogens with zero attached hydrogens (tertiary/aromatic N) is 2. The number of hydrogen-bond acceptors (Lipinski definition) is 3. The molecule has 0 spiro atoms. The predicted octanol–water partition coefficient (Wildman–Crippen LogP) is 2.15. The van der Waals surface area contributed by atoms with Gasteiger partial charge in [0.05, 0.1) is 7.11 Å². The number of methoxy groups -OCH3 is 1. The number of hydrogen-bond donors (Lipinski definition) is 0. The molecule has 0 amide bonds. The Hall–Kier alpha value is -1.20. The largest absolute Gasteiger partial charge is 0.494 e. The molecular weight excluding hydrogens is 262 g/mol. The number of ether oxygens (including phenoxy) is 1. The first kappa shape index (κ1) is 15.2. The highest BCUT2D eigenvalue weighted by Gasteiger charge is 2.15. The summed E-state index contributed by atoms with van der Waals surface area (Å²) in [5, 5.41) is 0. The van der Waals surface area contributed by atoms with Crippen molar-refractivity contribution in [3.05, 3.63) is 29.3 Å². The number of aryl methyl sites for hydroxylation is 1. The zero-order valence-electron chi connectivity index (χ0n) is 12.2. The second-order valence-corrected chi connectivity index (χ2v) is 5.30. The molecule has 0 bridgehead atoms. The van der Waals surface area contributed by atoms with Gasteiger partial charge in [-0.1, -0.05) is 6.07 Å². The normalized spacial score (nSPS) is 17.4. The maximum atomic E-state index is 13.8. The van der Waals surface area contributed by atoms with Crippen LogP contribution in [0.25, 0.3) is 0 Å². The van der Waals surface area contributed by atoms with E-state index in [4.69, 9.17) is 4.74 Å². The van der Waals surface area contributed by atoms with Crippen LogP contribution in [-0.4, -0.2) is 56.7 Å². The molecule has 0 unspecified atom stereocenters. The summed E-state index contributed by atoms with van der Waals surface area (Å²) in [6, 6.07) is 3.10. The van der Waals surface area contributed by atoms with Gasteiger partial charge in [-0.2, -0.15) is 4.39 Å². The monoisotopic (exact) mass is 284 g/mol. The Morgan fingerprint density at radius 2 is 1.80 bits per heavy atom. The van der Waals surface area contributed by atoms with Crippen molar-refractivity contribution >= 4 is 0 Å². The topological polar surface area (TPSA) is 15.7 Å². The van der Waals surface area contributed by atoms with E-state index in [2.05, 4.69) is 16.8 Å². The van der Waals surface area contributed by atoms with Gasteiger partial charge in [0.1, 0.15) is 0 Å². The Labute approximate surface area is 119 Å². The average Bonchev–Trinajstić information content (AvgIpc) is 2.46. The fraction of sp³-hybridized carbons (Fsp3) is 0.600. The lowest BCUT2D eigenvalue weighted by Gasteiger charge is -2.32. The molecule has 1 heterocycles. The summed E-state index contributed by atoms with van der Waals surface area (Å²) in [4.78, 5) is 4.67. The van der Waals surface area contributed by atoms with E-state index >= 15 is 0 Å². The molecule has 0 N–H and O–H groups in total. The Morgan fingerprint density at radius 3 is 2.45 bits per heavy atom. The van der Waals surface area contributed by atoms with Crippen molar-refractivity contribution in [2.75, 3.05) is 46.9 Å². The lowest BCUT2D eigenvalue weighted by Crippen LogP contribution is -2.44. The van der Waals surface area contributed by atoms with Gasteiger partial charge in [0.15, 0.2) is 11.6 Å². The molecule has 1 saturated heterocycles. The minimum Gasteiger partial charge on any atom is -0.494 e. The number of piperazine rings is 1. The Kier molecular flexibility index (Phi) is 5.31. The summed E-state index contributed by atoms with van der Waals surface area (Å²) >= 11 is 0. The van der Waals surface area contributed by atoms with Gasteiger partial charge in [-0.3, -0.25) is 0 Å². The third-order valence-electron chi connectivity index (χ3n) is 3.86. The van der Waals surface area contributed by atoms with Gasteiger partial charge in [-0.05, 0) is 38.1 Å². The van der Waals surface area contributed by atoms with Crippen LogP contribution in [-0.2, 0) is 6.42 Å². The molecule has 0 radical (unpaired) electrons. The highest BCUT2D eigenvalue weighted by molar-refractivity contribution is 5.31. The second-order valence-electron chi connectivity index (χ2n) is 5.30. The van der Waals surface area contributed by atoms with Crippen LogP contribution in [0.2, 0.25) is 0 Å². The third-order valence-corrected chi connectivity index (χ3v) is 3.86. The van der Waals surface area contributed by atoms with E-state index in [-0.39, 0.29) is 5.75 Å². The molecule has 1 aliphatic heterocycles. The van der Waals surface area contributed by atoms with Crippen molar-refractivity contribution < 1.29 is 13.5 Å². The molecule has 1 aromatic rings. The summed E-state index contributed by atoms with van der Waals surface area (Å²) in [6.45, 7) is 5.18. The minimum absolute atomic E-state index is 0.0367. The SMILES string of the molecule is COc1ccc(CCCN2CCN(C)CC2)c(F)c1F. The van der Waals surface area contributed by atoms with Gasteiger partial charge in [-0.15, -0.1) is 0 Å². The molecule has 1 fully saturated rings. The average molecular weight is 284 g/mol. The number of likely N-dealkylation sites (N-methyl/N-ethyl adjacent to an activating group) is 1. The van der Waals surface area contributed by atoms with Gasteiger partial charge in [-0.25, -0.2) is 4.39 Å². The van der Waals surface area contributed by atoms with Gasteiger partial charge in [0.25, 0.3) is 0 Å². The zero-order chi connectivity index (χ0) is 14.5. The van der Waals surface area contributed by atoms with E-state index in [1.807, 2.05) is 0 Å². The molecule has 0 aromatic heterocycles. The van der Waals surface area contributed by atoms with E-state index in [9.17, 15) is 8.78 Å². The predicted molar refractivity (Wildman–Crippen MR) is 75.2 cm³/mol. The van der Waals surface area contributed by atoms with E-state index in [1.165, 1.54) is 13.2 Å². The van der Waals surface area contributed by atoms with Gasteiger partial charge >= 0.3 is 0 Å². The highest BCUT2D eigenvalue weighted by Crippen LogP contribution is 2.23. The molecule has 112 valence electrons. The van der Waals surface area contributed by atoms with E-state index < -0.39 is 11.6 Å². The zero-order valence-corrected chi connectivity index (χ0v) is 12.2. The first-order chi connectivity index (χ1) is 9.61. The van der Waals surface area contributed by atoms with Crippen LogP contribution in [0, 0.1) is 11.6 Å². The van der Waals surface area contributed by atoms with Crippen LogP contribution >= 0.6 is 0 Å². The number of benzene rings is 1. The molecule has 20 heavy (non-hydrogen) atoms. The molecular formula is C15H22F2N2O. The first-order valence-corrected chi connectivity index (χ1v) is 7.03. The van der Waals surface area contributed by atoms with Crippen molar-refractivity contribution in [3.8, 4) is 5.75 Å². The minimum atomic E-state index is -0.885. The van der Waals surface area contributed by atoms with Crippen LogP contribution in [0.3, 0.4) is 0 Å². The number of halogens is 2. The van der Waals surface area contributed by atoms with Crippen molar-refractivity contribution in [3.63, 3.8) is 0 Å². The molecule has 5 heteroatoms. The van der Waals surface area contributed by atoms with Crippen LogP contribution in [0.1, 0.15) is 12.0 Å². The van der Waals surface area contributed by atoms with Crippen LogP contribution in [0.4, 0.5) is 8.78 Å². The Bertz CT molecular complexity index is 446. The Balaban J connectivity index is 1.84. The molecule has 0 atom stereocenters. The summed E-state index contributed by atoms with van der Waals surface area (Å²) in [5.41, 5.74) is 0.428. The summed E-state index contributed by atoms with van der Waals surface area (Å²) < 4.78 is 32.1. The Morgan fingerprint density at radius 1 is 1.10 bits per heavy atom. The van der Waals surface area contributed by atoms with Gasteiger partial charge < -0.3 is 14.5 Å². The summed E-state index contributed by atoms with van der Waals surface area (Å²) in [6.07, 6.45) is 1.39. The molecule has 1 aromatic carbocycles. The van der Waals surface area contributed by atoms with Crippen LogP contribution in [0.5, 0.6) is 5.75 Å². The van der Waals surface area contributed by atoms with Crippen molar-refractivity contribution in [1.29, 1.82) is 0 Å². The van der Waals surface area contributed by atoms with Gasteiger partial charge in [0.2, 0.25) is 5.82 Å². The lowest BCUT2D eigenvalue weighted by molar-refractivity contribution is 0.153. The van der Waals surface area contributed by atoms with Crippen molar-refractivity contribution in [2.24, 2.45) is 0 Å². The summed E-state index contributed by atoms with van der Waals surface area (Å²) in [7, 11) is 3.46. The van der Waals surface area contributed by atoms with Crippen molar-refractivity contribution in [2.45, 2.75) is 12.8 Å². The first-order valence-electron chi connectivity index (χ1n) is 7.03. The quantitative estimate of drug-likeness (QED) is 0.824. The second kappa shape index (κ2) is 6.99. The van der Waals surface area contributed by atoms with E-state index in [0.29, 0.717) is 12.0 Å². The smallest absolute Gasteiger partial charge is 0.200 e.